The molecule has 1 aromatic heterocycles. The number of anilines is 1. The number of rotatable bonds is 5. The second kappa shape index (κ2) is 7.53. The van der Waals surface area contributed by atoms with E-state index in [1.165, 1.54) is 6.07 Å². The maximum Gasteiger partial charge on any atom is 0.336 e. The topological polar surface area (TPSA) is 68.5 Å². The van der Waals surface area contributed by atoms with Gasteiger partial charge in [0, 0.05) is 23.6 Å². The molecule has 0 bridgehead atoms. The van der Waals surface area contributed by atoms with Crippen LogP contribution in [0.15, 0.2) is 62.2 Å². The molecule has 128 valence electrons. The third-order valence-electron chi connectivity index (χ3n) is 3.76. The van der Waals surface area contributed by atoms with Gasteiger partial charge in [0.25, 0.3) is 0 Å². The first-order valence-corrected chi connectivity index (χ1v) is 8.50. The van der Waals surface area contributed by atoms with Crippen LogP contribution < -0.4 is 15.7 Å². The zero-order valence-electron chi connectivity index (χ0n) is 13.5. The Bertz CT molecular complexity index is 981. The molecule has 0 aliphatic carbocycles. The van der Waals surface area contributed by atoms with E-state index in [2.05, 4.69) is 21.2 Å². The van der Waals surface area contributed by atoms with Crippen LogP contribution in [-0.2, 0) is 11.2 Å². The number of hydrogen-bond acceptors (Lipinski definition) is 4. The molecule has 0 fully saturated rings. The Hall–Kier alpha value is -2.60. The molecule has 6 heteroatoms. The second-order valence-electron chi connectivity index (χ2n) is 5.52. The average Bonchev–Trinajstić information content (AvgIpc) is 2.60. The van der Waals surface area contributed by atoms with E-state index < -0.39 is 5.63 Å². The Morgan fingerprint density at radius 3 is 2.76 bits per heavy atom. The summed E-state index contributed by atoms with van der Waals surface area (Å²) in [4.78, 5) is 23.3. The Balaban J connectivity index is 1.63. The lowest BCUT2D eigenvalue weighted by Crippen LogP contribution is -2.12. The average molecular weight is 402 g/mol. The van der Waals surface area contributed by atoms with Gasteiger partial charge < -0.3 is 14.5 Å². The van der Waals surface area contributed by atoms with Gasteiger partial charge in [-0.25, -0.2) is 4.79 Å². The van der Waals surface area contributed by atoms with Gasteiger partial charge in [-0.3, -0.25) is 4.79 Å². The Labute approximate surface area is 152 Å². The summed E-state index contributed by atoms with van der Waals surface area (Å²) in [5.41, 5.74) is 1.81. The molecule has 0 atom stereocenters. The number of halogens is 1. The summed E-state index contributed by atoms with van der Waals surface area (Å²) < 4.78 is 11.1. The van der Waals surface area contributed by atoms with Crippen LogP contribution in [0.25, 0.3) is 11.0 Å². The number of fused-ring (bicyclic) bond motifs is 1. The monoisotopic (exact) mass is 401 g/mol. The number of benzene rings is 2. The zero-order valence-corrected chi connectivity index (χ0v) is 15.1. The molecular formula is C19H16BrNO4. The summed E-state index contributed by atoms with van der Waals surface area (Å²) in [7, 11) is 1.61. The summed E-state index contributed by atoms with van der Waals surface area (Å²) in [6.07, 6.45) is 0.984. The summed E-state index contributed by atoms with van der Waals surface area (Å²) in [6.45, 7) is 0. The standard InChI is InChI=1S/C19H16BrNO4/c1-24-17-6-2-12(10-15(17)20)3-8-18(22)21-14-5-7-16-13(11-14)4-9-19(23)25-16/h2,4-7,9-11H,3,8H2,1H3,(H,21,22). The van der Waals surface area contributed by atoms with E-state index >= 15 is 0 Å². The highest BCUT2D eigenvalue weighted by Crippen LogP contribution is 2.26. The summed E-state index contributed by atoms with van der Waals surface area (Å²) in [6, 6.07) is 14.0. The summed E-state index contributed by atoms with van der Waals surface area (Å²) in [5, 5.41) is 3.62. The van der Waals surface area contributed by atoms with Crippen LogP contribution in [-0.4, -0.2) is 13.0 Å². The van der Waals surface area contributed by atoms with Crippen molar-refractivity contribution in [3.8, 4) is 5.75 Å². The third kappa shape index (κ3) is 4.28. The number of hydrogen-bond donors (Lipinski definition) is 1. The van der Waals surface area contributed by atoms with Gasteiger partial charge in [-0.1, -0.05) is 6.07 Å². The smallest absolute Gasteiger partial charge is 0.336 e. The van der Waals surface area contributed by atoms with Gasteiger partial charge in [0.15, 0.2) is 0 Å². The molecule has 0 unspecified atom stereocenters. The van der Waals surface area contributed by atoms with Crippen molar-refractivity contribution in [2.24, 2.45) is 0 Å². The van der Waals surface area contributed by atoms with Gasteiger partial charge >= 0.3 is 5.63 Å². The van der Waals surface area contributed by atoms with E-state index in [1.54, 1.807) is 31.4 Å². The number of carbonyl (C=O) groups excluding carboxylic acids is 1. The van der Waals surface area contributed by atoms with Gasteiger partial charge in [-0.2, -0.15) is 0 Å². The number of methoxy groups -OCH3 is 1. The first kappa shape index (κ1) is 17.2. The molecule has 0 radical (unpaired) electrons. The number of carbonyl (C=O) groups is 1. The van der Waals surface area contributed by atoms with Crippen molar-refractivity contribution >= 4 is 38.5 Å². The molecule has 0 saturated carbocycles. The van der Waals surface area contributed by atoms with Crippen LogP contribution >= 0.6 is 15.9 Å². The van der Waals surface area contributed by atoms with E-state index in [4.69, 9.17) is 9.15 Å². The van der Waals surface area contributed by atoms with Crippen LogP contribution in [0.1, 0.15) is 12.0 Å². The maximum atomic E-state index is 12.2. The lowest BCUT2D eigenvalue weighted by atomic mass is 10.1. The van der Waals surface area contributed by atoms with Crippen molar-refractivity contribution in [3.63, 3.8) is 0 Å². The molecular weight excluding hydrogens is 386 g/mol. The fourth-order valence-electron chi connectivity index (χ4n) is 2.50. The van der Waals surface area contributed by atoms with E-state index in [0.717, 1.165) is 21.2 Å². The van der Waals surface area contributed by atoms with Gasteiger partial charge in [0.2, 0.25) is 5.91 Å². The van der Waals surface area contributed by atoms with Crippen LogP contribution in [0.3, 0.4) is 0 Å². The normalized spacial score (nSPS) is 10.6. The predicted octanol–water partition coefficient (Wildman–Crippen LogP) is 4.14. The SMILES string of the molecule is COc1ccc(CCC(=O)Nc2ccc3oc(=O)ccc3c2)cc1Br. The first-order valence-electron chi connectivity index (χ1n) is 7.71. The molecule has 3 rings (SSSR count). The van der Waals surface area contributed by atoms with Crippen molar-refractivity contribution in [1.29, 1.82) is 0 Å². The van der Waals surface area contributed by atoms with Crippen molar-refractivity contribution in [2.75, 3.05) is 12.4 Å². The second-order valence-corrected chi connectivity index (χ2v) is 6.38. The molecule has 5 nitrogen and oxygen atoms in total. The molecule has 1 amide bonds. The minimum absolute atomic E-state index is 0.0799. The highest BCUT2D eigenvalue weighted by molar-refractivity contribution is 9.10. The number of amides is 1. The molecule has 1 heterocycles. The Kier molecular flexibility index (Phi) is 5.19. The van der Waals surface area contributed by atoms with E-state index in [1.807, 2.05) is 18.2 Å². The van der Waals surface area contributed by atoms with Gasteiger partial charge in [-0.05, 0) is 64.3 Å². The minimum atomic E-state index is -0.394. The van der Waals surface area contributed by atoms with Crippen LogP contribution in [0.4, 0.5) is 5.69 Å². The van der Waals surface area contributed by atoms with Crippen LogP contribution in [0, 0.1) is 0 Å². The Morgan fingerprint density at radius 2 is 2.00 bits per heavy atom. The lowest BCUT2D eigenvalue weighted by molar-refractivity contribution is -0.116. The van der Waals surface area contributed by atoms with Crippen molar-refractivity contribution in [3.05, 3.63) is 69.0 Å². The van der Waals surface area contributed by atoms with Crippen molar-refractivity contribution in [2.45, 2.75) is 12.8 Å². The molecule has 0 aliphatic heterocycles. The van der Waals surface area contributed by atoms with E-state index in [-0.39, 0.29) is 5.91 Å². The van der Waals surface area contributed by atoms with E-state index in [9.17, 15) is 9.59 Å². The minimum Gasteiger partial charge on any atom is -0.496 e. The number of ether oxygens (including phenoxy) is 1. The number of nitrogens with one attached hydrogen (secondary N) is 1. The van der Waals surface area contributed by atoms with Crippen molar-refractivity contribution in [1.82, 2.24) is 0 Å². The largest absolute Gasteiger partial charge is 0.496 e. The fraction of sp³-hybridized carbons (Fsp3) is 0.158. The van der Waals surface area contributed by atoms with E-state index in [0.29, 0.717) is 24.1 Å². The lowest BCUT2D eigenvalue weighted by Gasteiger charge is -2.08. The first-order chi connectivity index (χ1) is 12.0. The third-order valence-corrected chi connectivity index (χ3v) is 4.38. The molecule has 0 aliphatic rings. The quantitative estimate of drug-likeness (QED) is 0.652. The van der Waals surface area contributed by atoms with Crippen LogP contribution in [0.2, 0.25) is 0 Å². The number of aryl methyl sites for hydroxylation is 1. The zero-order chi connectivity index (χ0) is 17.8. The summed E-state index contributed by atoms with van der Waals surface area (Å²) >= 11 is 3.44. The fourth-order valence-corrected chi connectivity index (χ4v) is 3.08. The van der Waals surface area contributed by atoms with Crippen LogP contribution in [0.5, 0.6) is 5.75 Å². The van der Waals surface area contributed by atoms with Gasteiger partial charge in [0.05, 0.1) is 11.6 Å². The van der Waals surface area contributed by atoms with Gasteiger partial charge in [0.1, 0.15) is 11.3 Å². The summed E-state index contributed by atoms with van der Waals surface area (Å²) in [5.74, 6) is 0.680. The molecule has 0 saturated heterocycles. The molecule has 2 aromatic carbocycles. The molecule has 1 N–H and O–H groups in total. The van der Waals surface area contributed by atoms with Crippen molar-refractivity contribution < 1.29 is 13.9 Å². The maximum absolute atomic E-state index is 12.2. The highest BCUT2D eigenvalue weighted by atomic mass is 79.9. The molecule has 25 heavy (non-hydrogen) atoms. The molecule has 3 aromatic rings. The highest BCUT2D eigenvalue weighted by Gasteiger charge is 2.07. The Morgan fingerprint density at radius 1 is 1.16 bits per heavy atom. The van der Waals surface area contributed by atoms with Gasteiger partial charge in [-0.15, -0.1) is 0 Å². The molecule has 0 spiro atoms. The predicted molar refractivity (Wildman–Crippen MR) is 100 cm³/mol.